The molecule has 0 spiro atoms. The molecule has 4 aliphatic carbocycles. The van der Waals surface area contributed by atoms with Crippen molar-refractivity contribution in [3.8, 4) is 0 Å². The summed E-state index contributed by atoms with van der Waals surface area (Å²) in [6.45, 7) is 4.54. The largest absolute Gasteiger partial charge is 0.508 e. The fourth-order valence-corrected chi connectivity index (χ4v) is 6.66. The van der Waals surface area contributed by atoms with Gasteiger partial charge in [-0.05, 0) is 58.3 Å². The summed E-state index contributed by atoms with van der Waals surface area (Å²) in [6.07, 6.45) is 2.26. The Bertz CT molecular complexity index is 1410. The molecule has 1 saturated carbocycles. The van der Waals surface area contributed by atoms with Crippen molar-refractivity contribution in [3.63, 3.8) is 0 Å². The number of nitrogens with zero attached hydrogens (tertiary/aromatic N) is 1. The highest BCUT2D eigenvalue weighted by Gasteiger charge is 2.64. The first-order chi connectivity index (χ1) is 18.3. The molecule has 0 bridgehead atoms. The molecule has 1 heterocycles. The van der Waals surface area contributed by atoms with Crippen LogP contribution < -0.4 is 11.1 Å². The Morgan fingerprint density at radius 1 is 1.13 bits per heavy atom. The molecule has 11 heteroatoms. The molecule has 1 amide bonds. The molecule has 0 radical (unpaired) electrons. The van der Waals surface area contributed by atoms with Crippen molar-refractivity contribution >= 4 is 17.5 Å². The number of furan rings is 1. The van der Waals surface area contributed by atoms with E-state index >= 15 is 0 Å². The minimum absolute atomic E-state index is 0.0789. The molecule has 5 atom stereocenters. The second kappa shape index (κ2) is 9.22. The van der Waals surface area contributed by atoms with Crippen LogP contribution in [0.5, 0.6) is 0 Å². The minimum Gasteiger partial charge on any atom is -0.508 e. The number of nitrogens with two attached hydrogens (primary N) is 1. The number of primary amides is 1. The van der Waals surface area contributed by atoms with Gasteiger partial charge in [0.25, 0.3) is 5.91 Å². The normalized spacial score (nSPS) is 30.6. The molecule has 208 valence electrons. The van der Waals surface area contributed by atoms with Crippen molar-refractivity contribution in [3.05, 3.63) is 68.8 Å². The molecule has 1 fully saturated rings. The van der Waals surface area contributed by atoms with Crippen LogP contribution in [-0.2, 0) is 20.9 Å². The second-order valence-corrected chi connectivity index (χ2v) is 11.1. The van der Waals surface area contributed by atoms with E-state index in [9.17, 15) is 34.8 Å². The molecule has 11 nitrogen and oxygen atoms in total. The number of allylic oxidation sites excluding steroid dienone is 2. The summed E-state index contributed by atoms with van der Waals surface area (Å²) in [5.74, 6) is -5.19. The minimum atomic E-state index is -2.63. The number of aryl methyl sites for hydroxylation is 2. The Kier molecular flexibility index (Phi) is 6.36. The van der Waals surface area contributed by atoms with E-state index in [-0.39, 0.29) is 35.8 Å². The summed E-state index contributed by atoms with van der Waals surface area (Å²) in [5.41, 5.74) is 3.50. The summed E-state index contributed by atoms with van der Waals surface area (Å²) in [7, 11) is 3.14. The van der Waals surface area contributed by atoms with Gasteiger partial charge in [0.15, 0.2) is 11.4 Å². The first-order valence-corrected chi connectivity index (χ1v) is 12.8. The maximum Gasteiger partial charge on any atom is 0.255 e. The molecule has 0 aromatic carbocycles. The number of likely N-dealkylation sites (N-methyl/N-ethyl adjacent to an activating group) is 1. The SMILES string of the molecule is Cc1cc(CNCC2=CC3C[C@H]4C[C@H]5[C@H](N(C)C)C(=O)C(C(N)=O)=C(O)[C@@]5(O)C(=O)C4=C(O)C3=C2O)oc1C. The molecule has 5 rings (SSSR count). The van der Waals surface area contributed by atoms with Gasteiger partial charge in [0.05, 0.1) is 12.6 Å². The smallest absolute Gasteiger partial charge is 0.255 e. The highest BCUT2D eigenvalue weighted by molar-refractivity contribution is 6.24. The van der Waals surface area contributed by atoms with Crippen LogP contribution in [0.15, 0.2) is 56.1 Å². The Labute approximate surface area is 225 Å². The number of ketones is 2. The van der Waals surface area contributed by atoms with Crippen LogP contribution in [0.1, 0.15) is 29.9 Å². The maximum absolute atomic E-state index is 13.8. The van der Waals surface area contributed by atoms with Crippen molar-refractivity contribution < 1.29 is 39.2 Å². The van der Waals surface area contributed by atoms with E-state index < -0.39 is 58.0 Å². The number of carbonyl (C=O) groups is 3. The summed E-state index contributed by atoms with van der Waals surface area (Å²) in [4.78, 5) is 40.5. The van der Waals surface area contributed by atoms with Gasteiger partial charge >= 0.3 is 0 Å². The number of aliphatic hydroxyl groups is 4. The average molecular weight is 540 g/mol. The van der Waals surface area contributed by atoms with Crippen LogP contribution in [0, 0.1) is 31.6 Å². The highest BCUT2D eigenvalue weighted by Crippen LogP contribution is 2.54. The molecule has 0 saturated heterocycles. The van der Waals surface area contributed by atoms with Gasteiger partial charge in [-0.1, -0.05) is 6.08 Å². The van der Waals surface area contributed by atoms with Crippen molar-refractivity contribution in [1.29, 1.82) is 0 Å². The summed E-state index contributed by atoms with van der Waals surface area (Å²) in [6, 6.07) is 0.832. The van der Waals surface area contributed by atoms with Crippen molar-refractivity contribution in [1.82, 2.24) is 10.2 Å². The van der Waals surface area contributed by atoms with Crippen LogP contribution in [0.3, 0.4) is 0 Å². The lowest BCUT2D eigenvalue weighted by Crippen LogP contribution is -2.65. The molecule has 0 aliphatic heterocycles. The third kappa shape index (κ3) is 3.87. The van der Waals surface area contributed by atoms with E-state index in [4.69, 9.17) is 10.2 Å². The first-order valence-electron chi connectivity index (χ1n) is 12.8. The number of fused-ring (bicyclic) bond motifs is 3. The fourth-order valence-electron chi connectivity index (χ4n) is 6.66. The van der Waals surface area contributed by atoms with Crippen LogP contribution in [0.25, 0.3) is 0 Å². The van der Waals surface area contributed by atoms with Gasteiger partial charge in [0, 0.05) is 35.1 Å². The number of aliphatic hydroxyl groups excluding tert-OH is 3. The monoisotopic (exact) mass is 539 g/mol. The molecule has 39 heavy (non-hydrogen) atoms. The number of Topliss-reactive ketones (excluding diaryl/α,β-unsaturated/α-hetero) is 2. The van der Waals surface area contributed by atoms with Crippen LogP contribution in [0.4, 0.5) is 0 Å². The van der Waals surface area contributed by atoms with E-state index in [1.54, 1.807) is 14.1 Å². The molecular weight excluding hydrogens is 506 g/mol. The Morgan fingerprint density at radius 2 is 1.82 bits per heavy atom. The number of hydrogen-bond donors (Lipinski definition) is 6. The predicted octanol–water partition coefficient (Wildman–Crippen LogP) is 1.32. The predicted molar refractivity (Wildman–Crippen MR) is 138 cm³/mol. The van der Waals surface area contributed by atoms with E-state index in [0.29, 0.717) is 18.5 Å². The zero-order valence-electron chi connectivity index (χ0n) is 22.2. The highest BCUT2D eigenvalue weighted by atomic mass is 16.4. The second-order valence-electron chi connectivity index (χ2n) is 11.1. The number of amides is 1. The quantitative estimate of drug-likeness (QED) is 0.288. The first kappa shape index (κ1) is 26.9. The van der Waals surface area contributed by atoms with E-state index in [2.05, 4.69) is 5.32 Å². The molecule has 4 aliphatic rings. The molecule has 1 aromatic rings. The summed E-state index contributed by atoms with van der Waals surface area (Å²) in [5, 5.41) is 48.0. The number of rotatable bonds is 6. The Balaban J connectivity index is 1.49. The molecule has 7 N–H and O–H groups in total. The van der Waals surface area contributed by atoms with E-state index in [0.717, 1.165) is 17.1 Å². The van der Waals surface area contributed by atoms with Gasteiger partial charge in [-0.25, -0.2) is 0 Å². The summed E-state index contributed by atoms with van der Waals surface area (Å²) < 4.78 is 5.67. The summed E-state index contributed by atoms with van der Waals surface area (Å²) >= 11 is 0. The third-order valence-corrected chi connectivity index (χ3v) is 8.58. The molecule has 1 unspecified atom stereocenters. The van der Waals surface area contributed by atoms with Gasteiger partial charge in [0.2, 0.25) is 5.78 Å². The van der Waals surface area contributed by atoms with Gasteiger partial charge in [-0.15, -0.1) is 0 Å². The van der Waals surface area contributed by atoms with Crippen molar-refractivity contribution in [2.24, 2.45) is 23.5 Å². The number of hydrogen-bond acceptors (Lipinski definition) is 10. The number of nitrogens with one attached hydrogen (secondary N) is 1. The topological polar surface area (TPSA) is 187 Å². The van der Waals surface area contributed by atoms with Gasteiger partial charge in [-0.2, -0.15) is 0 Å². The van der Waals surface area contributed by atoms with Gasteiger partial charge in [-0.3, -0.25) is 19.3 Å². The lowest BCUT2D eigenvalue weighted by molar-refractivity contribution is -0.154. The lowest BCUT2D eigenvalue weighted by Gasteiger charge is -2.50. The van der Waals surface area contributed by atoms with Crippen LogP contribution in [-0.4, -0.2) is 75.1 Å². The third-order valence-electron chi connectivity index (χ3n) is 8.58. The van der Waals surface area contributed by atoms with Gasteiger partial charge < -0.3 is 35.9 Å². The number of carbonyl (C=O) groups excluding carboxylic acids is 3. The Hall–Kier alpha value is -3.67. The molecular formula is C28H33N3O8. The fraction of sp³-hybridized carbons (Fsp3) is 0.464. The van der Waals surface area contributed by atoms with Gasteiger partial charge in [0.1, 0.15) is 34.4 Å². The lowest BCUT2D eigenvalue weighted by atomic mass is 9.57. The van der Waals surface area contributed by atoms with Crippen LogP contribution in [0.2, 0.25) is 0 Å². The van der Waals surface area contributed by atoms with Crippen molar-refractivity contribution in [2.45, 2.75) is 44.9 Å². The zero-order valence-corrected chi connectivity index (χ0v) is 22.2. The molecule has 1 aromatic heterocycles. The maximum atomic E-state index is 13.8. The standard InChI is InChI=1S/C28H33N3O8/c1-11-5-16(39-12(11)2)10-30-9-15-7-13-6-14-8-17-21(31(3)4)24(34)20(27(29)37)26(36)28(17,38)25(35)19(14)23(33)18(13)22(15)32/h5,7,13-14,17,21,30,32-33,36,38H,6,8-10H2,1-4H3,(H2,29,37)/t13?,14-,17-,21-,28-/m0/s1. The van der Waals surface area contributed by atoms with Crippen LogP contribution >= 0.6 is 0 Å². The Morgan fingerprint density at radius 3 is 2.41 bits per heavy atom. The van der Waals surface area contributed by atoms with E-state index in [1.807, 2.05) is 26.0 Å². The van der Waals surface area contributed by atoms with E-state index in [1.165, 1.54) is 4.90 Å². The average Bonchev–Trinajstić information content (AvgIpc) is 3.33. The zero-order chi connectivity index (χ0) is 28.5. The van der Waals surface area contributed by atoms with Crippen molar-refractivity contribution in [2.75, 3.05) is 20.6 Å².